The first-order valence-corrected chi connectivity index (χ1v) is 8.70. The van der Waals surface area contributed by atoms with Crippen molar-refractivity contribution < 1.29 is 9.66 Å². The van der Waals surface area contributed by atoms with Crippen molar-refractivity contribution in [1.82, 2.24) is 4.57 Å². The quantitative estimate of drug-likeness (QED) is 0.345. The molecule has 0 radical (unpaired) electrons. The van der Waals surface area contributed by atoms with E-state index in [1.54, 1.807) is 18.3 Å². The molecule has 1 heterocycles. The molecule has 0 spiro atoms. The van der Waals surface area contributed by atoms with E-state index in [9.17, 15) is 10.1 Å². The fourth-order valence-electron chi connectivity index (χ4n) is 3.03. The molecule has 0 unspecified atom stereocenters. The fraction of sp³-hybridized carbons (Fsp3) is 0.190. The summed E-state index contributed by atoms with van der Waals surface area (Å²) in [6.07, 6.45) is 1.81. The van der Waals surface area contributed by atoms with E-state index < -0.39 is 0 Å². The summed E-state index contributed by atoms with van der Waals surface area (Å²) in [5, 5.41) is 11.1. The van der Waals surface area contributed by atoms with Crippen molar-refractivity contribution in [2.24, 2.45) is 4.99 Å². The second-order valence-electron chi connectivity index (χ2n) is 6.13. The van der Waals surface area contributed by atoms with Crippen molar-refractivity contribution >= 4 is 17.6 Å². The molecule has 27 heavy (non-hydrogen) atoms. The van der Waals surface area contributed by atoms with Crippen LogP contribution >= 0.6 is 0 Å². The summed E-state index contributed by atoms with van der Waals surface area (Å²) in [7, 11) is 0. The number of hydrogen-bond donors (Lipinski definition) is 0. The average Bonchev–Trinajstić information content (AvgIpc) is 2.94. The Labute approximate surface area is 157 Å². The predicted octanol–water partition coefficient (Wildman–Crippen LogP) is 5.15. The van der Waals surface area contributed by atoms with E-state index >= 15 is 0 Å². The zero-order chi connectivity index (χ0) is 19.4. The average molecular weight is 363 g/mol. The molecule has 0 bridgehead atoms. The van der Waals surface area contributed by atoms with Crippen molar-refractivity contribution in [1.29, 1.82) is 0 Å². The van der Waals surface area contributed by atoms with Gasteiger partial charge in [-0.3, -0.25) is 15.1 Å². The topological polar surface area (TPSA) is 69.7 Å². The lowest BCUT2D eigenvalue weighted by molar-refractivity contribution is -0.384. The van der Waals surface area contributed by atoms with Gasteiger partial charge in [0, 0.05) is 41.4 Å². The number of hydrogen-bond acceptors (Lipinski definition) is 4. The van der Waals surface area contributed by atoms with Crippen LogP contribution in [0.25, 0.3) is 5.69 Å². The fourth-order valence-corrected chi connectivity index (χ4v) is 3.03. The van der Waals surface area contributed by atoms with Gasteiger partial charge in [0.05, 0.1) is 22.9 Å². The minimum absolute atomic E-state index is 0.0722. The van der Waals surface area contributed by atoms with Crippen molar-refractivity contribution in [2.45, 2.75) is 20.8 Å². The lowest BCUT2D eigenvalue weighted by Crippen LogP contribution is -2.00. The third kappa shape index (κ3) is 4.06. The monoisotopic (exact) mass is 363 g/mol. The highest BCUT2D eigenvalue weighted by molar-refractivity contribution is 5.84. The molecule has 0 saturated heterocycles. The van der Waals surface area contributed by atoms with Gasteiger partial charge < -0.3 is 9.30 Å². The molecule has 3 aromatic rings. The number of aromatic nitrogens is 1. The Morgan fingerprint density at radius 3 is 2.67 bits per heavy atom. The number of nitrogens with zero attached hydrogens (tertiary/aromatic N) is 3. The van der Waals surface area contributed by atoms with Crippen LogP contribution in [0.3, 0.4) is 0 Å². The van der Waals surface area contributed by atoms with Gasteiger partial charge in [-0.05, 0) is 45.0 Å². The largest absolute Gasteiger partial charge is 0.494 e. The molecule has 0 aliphatic carbocycles. The molecule has 0 saturated carbocycles. The van der Waals surface area contributed by atoms with Crippen molar-refractivity contribution in [3.63, 3.8) is 0 Å². The van der Waals surface area contributed by atoms with Gasteiger partial charge in [-0.25, -0.2) is 0 Å². The van der Waals surface area contributed by atoms with Crippen LogP contribution in [0.5, 0.6) is 5.75 Å². The van der Waals surface area contributed by atoms with E-state index in [1.165, 1.54) is 6.07 Å². The number of nitro benzene ring substituents is 1. The molecule has 0 amide bonds. The Hall–Kier alpha value is -3.41. The Bertz CT molecular complexity index is 1010. The van der Waals surface area contributed by atoms with E-state index in [2.05, 4.69) is 4.99 Å². The Balaban J connectivity index is 1.93. The van der Waals surface area contributed by atoms with E-state index in [0.717, 1.165) is 34.1 Å². The van der Waals surface area contributed by atoms with Crippen LogP contribution in [-0.2, 0) is 0 Å². The van der Waals surface area contributed by atoms with E-state index in [1.807, 2.05) is 61.7 Å². The van der Waals surface area contributed by atoms with Crippen LogP contribution in [-0.4, -0.2) is 22.3 Å². The molecule has 0 aliphatic heterocycles. The van der Waals surface area contributed by atoms with Crippen LogP contribution in [0.15, 0.2) is 59.6 Å². The molecule has 0 atom stereocenters. The van der Waals surface area contributed by atoms with Gasteiger partial charge in [0.25, 0.3) is 5.69 Å². The van der Waals surface area contributed by atoms with E-state index in [0.29, 0.717) is 6.61 Å². The first-order valence-electron chi connectivity index (χ1n) is 8.70. The number of benzene rings is 2. The Morgan fingerprint density at radius 1 is 1.15 bits per heavy atom. The van der Waals surface area contributed by atoms with Gasteiger partial charge in [0.2, 0.25) is 0 Å². The summed E-state index contributed by atoms with van der Waals surface area (Å²) in [4.78, 5) is 15.2. The second kappa shape index (κ2) is 7.86. The number of nitro groups is 1. The van der Waals surface area contributed by atoms with Crippen LogP contribution < -0.4 is 4.74 Å². The summed E-state index contributed by atoms with van der Waals surface area (Å²) < 4.78 is 7.49. The number of ether oxygens (including phenoxy) is 1. The van der Waals surface area contributed by atoms with Gasteiger partial charge in [0.15, 0.2) is 0 Å². The minimum atomic E-state index is -0.384. The summed E-state index contributed by atoms with van der Waals surface area (Å²) in [6.45, 7) is 6.50. The molecule has 0 aliphatic rings. The van der Waals surface area contributed by atoms with Crippen LogP contribution in [0.1, 0.15) is 23.9 Å². The maximum Gasteiger partial charge on any atom is 0.271 e. The SMILES string of the molecule is CCOc1cccc(N=Cc2cc(C)n(-c3cccc([N+](=O)[O-])c3)c2C)c1. The van der Waals surface area contributed by atoms with Crippen molar-refractivity contribution in [3.8, 4) is 11.4 Å². The Kier molecular flexibility index (Phi) is 5.35. The lowest BCUT2D eigenvalue weighted by atomic mass is 10.2. The lowest BCUT2D eigenvalue weighted by Gasteiger charge is -2.09. The number of aliphatic imine (C=N–C) groups is 1. The second-order valence-corrected chi connectivity index (χ2v) is 6.13. The third-order valence-corrected chi connectivity index (χ3v) is 4.25. The first kappa shape index (κ1) is 18.4. The van der Waals surface area contributed by atoms with Crippen LogP contribution in [0.2, 0.25) is 0 Å². The number of rotatable bonds is 6. The van der Waals surface area contributed by atoms with Gasteiger partial charge >= 0.3 is 0 Å². The third-order valence-electron chi connectivity index (χ3n) is 4.25. The standard InChI is InChI=1S/C21H21N3O3/c1-4-27-21-10-5-7-18(12-21)22-14-17-11-15(2)23(16(17)3)19-8-6-9-20(13-19)24(25)26/h5-14H,4H2,1-3H3. The highest BCUT2D eigenvalue weighted by Gasteiger charge is 2.12. The number of non-ortho nitro benzene ring substituents is 1. The predicted molar refractivity (Wildman–Crippen MR) is 107 cm³/mol. The summed E-state index contributed by atoms with van der Waals surface area (Å²) in [5.41, 5.74) is 4.55. The smallest absolute Gasteiger partial charge is 0.271 e. The van der Waals surface area contributed by atoms with Gasteiger partial charge in [0.1, 0.15) is 5.75 Å². The van der Waals surface area contributed by atoms with Crippen LogP contribution in [0.4, 0.5) is 11.4 Å². The first-order chi connectivity index (χ1) is 13.0. The molecule has 2 aromatic carbocycles. The zero-order valence-electron chi connectivity index (χ0n) is 15.5. The highest BCUT2D eigenvalue weighted by Crippen LogP contribution is 2.24. The van der Waals surface area contributed by atoms with Gasteiger partial charge in [-0.2, -0.15) is 0 Å². The summed E-state index contributed by atoms with van der Waals surface area (Å²) >= 11 is 0. The highest BCUT2D eigenvalue weighted by atomic mass is 16.6. The van der Waals surface area contributed by atoms with Gasteiger partial charge in [-0.1, -0.05) is 12.1 Å². The molecule has 138 valence electrons. The number of aryl methyl sites for hydroxylation is 1. The summed E-state index contributed by atoms with van der Waals surface area (Å²) in [5.74, 6) is 0.786. The van der Waals surface area contributed by atoms with E-state index in [4.69, 9.17) is 4.74 Å². The molecule has 6 nitrogen and oxygen atoms in total. The molecule has 0 N–H and O–H groups in total. The summed E-state index contributed by atoms with van der Waals surface area (Å²) in [6, 6.07) is 16.3. The van der Waals surface area contributed by atoms with Gasteiger partial charge in [-0.15, -0.1) is 0 Å². The maximum absolute atomic E-state index is 11.1. The maximum atomic E-state index is 11.1. The molecular formula is C21H21N3O3. The molecule has 6 heteroatoms. The zero-order valence-corrected chi connectivity index (χ0v) is 15.5. The minimum Gasteiger partial charge on any atom is -0.494 e. The molecule has 0 fully saturated rings. The molecule has 3 rings (SSSR count). The van der Waals surface area contributed by atoms with Crippen molar-refractivity contribution in [3.05, 3.63) is 81.7 Å². The Morgan fingerprint density at radius 2 is 1.93 bits per heavy atom. The van der Waals surface area contributed by atoms with Crippen LogP contribution in [0, 0.1) is 24.0 Å². The molecular weight excluding hydrogens is 342 g/mol. The van der Waals surface area contributed by atoms with E-state index in [-0.39, 0.29) is 10.6 Å². The molecule has 1 aromatic heterocycles. The van der Waals surface area contributed by atoms with Crippen molar-refractivity contribution in [2.75, 3.05) is 6.61 Å². The normalized spacial score (nSPS) is 11.1.